The standard InChI is InChI=1S/C18H24N2O6S/c1-24-16-9-8-14(12-17(16)25-2)20(27(3,22)23)13-18(21)19-10-4-6-15-7-5-11-26-15/h5,7-9,11-12H,4,6,10,13H2,1-3H3,(H,19,21). The number of carbonyl (C=O) groups is 1. The highest BCUT2D eigenvalue weighted by molar-refractivity contribution is 7.92. The Morgan fingerprint density at radius 2 is 1.93 bits per heavy atom. The number of furan rings is 1. The number of nitrogens with zero attached hydrogens (tertiary/aromatic N) is 1. The summed E-state index contributed by atoms with van der Waals surface area (Å²) in [6.45, 7) is 0.0954. The van der Waals surface area contributed by atoms with E-state index in [-0.39, 0.29) is 6.54 Å². The van der Waals surface area contributed by atoms with Gasteiger partial charge in [0.2, 0.25) is 15.9 Å². The molecule has 1 amide bonds. The van der Waals surface area contributed by atoms with Crippen LogP contribution in [0.2, 0.25) is 0 Å². The summed E-state index contributed by atoms with van der Waals surface area (Å²) in [7, 11) is -0.718. The predicted molar refractivity (Wildman–Crippen MR) is 102 cm³/mol. The first-order valence-electron chi connectivity index (χ1n) is 8.34. The molecule has 148 valence electrons. The van der Waals surface area contributed by atoms with Gasteiger partial charge in [0.1, 0.15) is 12.3 Å². The Bertz CT molecular complexity index is 849. The highest BCUT2D eigenvalue weighted by Crippen LogP contribution is 2.32. The minimum absolute atomic E-state index is 0.320. The average molecular weight is 396 g/mol. The molecule has 0 aliphatic rings. The molecule has 1 aromatic heterocycles. The maximum atomic E-state index is 12.2. The van der Waals surface area contributed by atoms with Crippen LogP contribution in [-0.4, -0.2) is 47.9 Å². The van der Waals surface area contributed by atoms with Gasteiger partial charge in [0.25, 0.3) is 0 Å². The van der Waals surface area contributed by atoms with Crippen molar-refractivity contribution in [2.45, 2.75) is 12.8 Å². The number of sulfonamides is 1. The molecular weight excluding hydrogens is 372 g/mol. The van der Waals surface area contributed by atoms with Crippen molar-refractivity contribution in [1.29, 1.82) is 0 Å². The van der Waals surface area contributed by atoms with Crippen molar-refractivity contribution in [3.63, 3.8) is 0 Å². The van der Waals surface area contributed by atoms with Crippen LogP contribution in [0.4, 0.5) is 5.69 Å². The minimum atomic E-state index is -3.66. The molecule has 0 aliphatic carbocycles. The summed E-state index contributed by atoms with van der Waals surface area (Å²) < 4.78 is 40.9. The fourth-order valence-electron chi connectivity index (χ4n) is 2.51. The third kappa shape index (κ3) is 5.92. The molecule has 0 atom stereocenters. The van der Waals surface area contributed by atoms with Crippen molar-refractivity contribution >= 4 is 21.6 Å². The molecule has 1 aromatic carbocycles. The Hall–Kier alpha value is -2.68. The van der Waals surface area contributed by atoms with Gasteiger partial charge in [-0.25, -0.2) is 8.42 Å². The summed E-state index contributed by atoms with van der Waals surface area (Å²) in [6, 6.07) is 8.34. The average Bonchev–Trinajstić information content (AvgIpc) is 3.15. The van der Waals surface area contributed by atoms with Gasteiger partial charge in [0.15, 0.2) is 11.5 Å². The van der Waals surface area contributed by atoms with Gasteiger partial charge in [-0.2, -0.15) is 0 Å². The van der Waals surface area contributed by atoms with E-state index in [1.165, 1.54) is 20.3 Å². The molecule has 0 spiro atoms. The summed E-state index contributed by atoms with van der Waals surface area (Å²) in [5.74, 6) is 1.29. The van der Waals surface area contributed by atoms with Gasteiger partial charge < -0.3 is 19.2 Å². The molecule has 9 heteroatoms. The van der Waals surface area contributed by atoms with Gasteiger partial charge >= 0.3 is 0 Å². The molecule has 0 fully saturated rings. The number of ether oxygens (including phenoxy) is 2. The lowest BCUT2D eigenvalue weighted by Gasteiger charge is -2.23. The second-order valence-electron chi connectivity index (χ2n) is 5.84. The first kappa shape index (κ1) is 20.6. The number of hydrogen-bond donors (Lipinski definition) is 1. The number of carbonyl (C=O) groups excluding carboxylic acids is 1. The molecule has 1 heterocycles. The lowest BCUT2D eigenvalue weighted by Crippen LogP contribution is -2.40. The Labute approximate surface area is 159 Å². The number of methoxy groups -OCH3 is 2. The van der Waals surface area contributed by atoms with E-state index in [2.05, 4.69) is 5.32 Å². The molecule has 27 heavy (non-hydrogen) atoms. The fraction of sp³-hybridized carbons (Fsp3) is 0.389. The van der Waals surface area contributed by atoms with Crippen LogP contribution in [0.25, 0.3) is 0 Å². The van der Waals surface area contributed by atoms with E-state index in [0.29, 0.717) is 36.6 Å². The van der Waals surface area contributed by atoms with Gasteiger partial charge in [-0.3, -0.25) is 9.10 Å². The largest absolute Gasteiger partial charge is 0.493 e. The van der Waals surface area contributed by atoms with Crippen LogP contribution in [0.5, 0.6) is 11.5 Å². The molecule has 2 aromatic rings. The minimum Gasteiger partial charge on any atom is -0.493 e. The second kappa shape index (κ2) is 9.31. The van der Waals surface area contributed by atoms with E-state index < -0.39 is 15.9 Å². The Morgan fingerprint density at radius 3 is 2.52 bits per heavy atom. The van der Waals surface area contributed by atoms with Crippen LogP contribution in [0, 0.1) is 0 Å². The number of rotatable bonds is 10. The lowest BCUT2D eigenvalue weighted by molar-refractivity contribution is -0.119. The summed E-state index contributed by atoms with van der Waals surface area (Å²) >= 11 is 0. The summed E-state index contributed by atoms with van der Waals surface area (Å²) in [4.78, 5) is 12.2. The summed E-state index contributed by atoms with van der Waals surface area (Å²) in [6.07, 6.45) is 4.03. The first-order valence-corrected chi connectivity index (χ1v) is 10.2. The van der Waals surface area contributed by atoms with Crippen molar-refractivity contribution in [3.8, 4) is 11.5 Å². The van der Waals surface area contributed by atoms with E-state index in [1.807, 2.05) is 6.07 Å². The topological polar surface area (TPSA) is 98.1 Å². The van der Waals surface area contributed by atoms with Gasteiger partial charge in [-0.15, -0.1) is 0 Å². The smallest absolute Gasteiger partial charge is 0.240 e. The van der Waals surface area contributed by atoms with Crippen LogP contribution < -0.4 is 19.1 Å². The first-order chi connectivity index (χ1) is 12.8. The van der Waals surface area contributed by atoms with Gasteiger partial charge in [0, 0.05) is 19.0 Å². The maximum absolute atomic E-state index is 12.2. The Balaban J connectivity index is 2.01. The van der Waals surface area contributed by atoms with E-state index in [0.717, 1.165) is 16.3 Å². The molecule has 0 aliphatic heterocycles. The van der Waals surface area contributed by atoms with E-state index in [9.17, 15) is 13.2 Å². The van der Waals surface area contributed by atoms with Crippen LogP contribution in [0.15, 0.2) is 41.0 Å². The summed E-state index contributed by atoms with van der Waals surface area (Å²) in [5.41, 5.74) is 0.320. The summed E-state index contributed by atoms with van der Waals surface area (Å²) in [5, 5.41) is 2.73. The van der Waals surface area contributed by atoms with E-state index in [1.54, 1.807) is 24.5 Å². The van der Waals surface area contributed by atoms with Crippen LogP contribution in [0.1, 0.15) is 12.2 Å². The molecular formula is C18H24N2O6S. The van der Waals surface area contributed by atoms with Gasteiger partial charge in [-0.05, 0) is 30.7 Å². The third-order valence-electron chi connectivity index (χ3n) is 3.84. The van der Waals surface area contributed by atoms with Crippen molar-refractivity contribution in [2.24, 2.45) is 0 Å². The Kier molecular flexibility index (Phi) is 7.12. The monoisotopic (exact) mass is 396 g/mol. The van der Waals surface area contributed by atoms with Crippen molar-refractivity contribution in [2.75, 3.05) is 37.9 Å². The molecule has 8 nitrogen and oxygen atoms in total. The zero-order chi connectivity index (χ0) is 19.9. The zero-order valence-electron chi connectivity index (χ0n) is 15.6. The lowest BCUT2D eigenvalue weighted by atomic mass is 10.2. The maximum Gasteiger partial charge on any atom is 0.240 e. The number of amides is 1. The molecule has 0 radical (unpaired) electrons. The van der Waals surface area contributed by atoms with Gasteiger partial charge in [0.05, 0.1) is 32.4 Å². The van der Waals surface area contributed by atoms with E-state index >= 15 is 0 Å². The number of hydrogen-bond acceptors (Lipinski definition) is 6. The number of aryl methyl sites for hydroxylation is 1. The van der Waals surface area contributed by atoms with Crippen LogP contribution in [0.3, 0.4) is 0 Å². The second-order valence-corrected chi connectivity index (χ2v) is 7.75. The SMILES string of the molecule is COc1ccc(N(CC(=O)NCCCc2ccco2)S(C)(=O)=O)cc1OC. The van der Waals surface area contributed by atoms with Crippen molar-refractivity contribution < 1.29 is 27.1 Å². The van der Waals surface area contributed by atoms with E-state index in [4.69, 9.17) is 13.9 Å². The highest BCUT2D eigenvalue weighted by atomic mass is 32.2. The van der Waals surface area contributed by atoms with Crippen molar-refractivity contribution in [3.05, 3.63) is 42.4 Å². The highest BCUT2D eigenvalue weighted by Gasteiger charge is 2.22. The van der Waals surface area contributed by atoms with Gasteiger partial charge in [-0.1, -0.05) is 0 Å². The number of anilines is 1. The van der Waals surface area contributed by atoms with Crippen molar-refractivity contribution in [1.82, 2.24) is 5.32 Å². The van der Waals surface area contributed by atoms with Crippen LogP contribution in [-0.2, 0) is 21.2 Å². The molecule has 0 bridgehead atoms. The molecule has 0 unspecified atom stereocenters. The quantitative estimate of drug-likeness (QED) is 0.615. The molecule has 2 rings (SSSR count). The molecule has 0 saturated carbocycles. The Morgan fingerprint density at radius 1 is 1.19 bits per heavy atom. The number of benzene rings is 1. The zero-order valence-corrected chi connectivity index (χ0v) is 16.4. The molecule has 1 N–H and O–H groups in total. The molecule has 0 saturated heterocycles. The third-order valence-corrected chi connectivity index (χ3v) is 4.99. The fourth-order valence-corrected chi connectivity index (χ4v) is 3.36. The number of nitrogens with one attached hydrogen (secondary N) is 1. The normalized spacial score (nSPS) is 11.1. The predicted octanol–water partition coefficient (Wildman–Crippen LogP) is 1.81. The van der Waals surface area contributed by atoms with Crippen LogP contribution >= 0.6 is 0 Å².